The van der Waals surface area contributed by atoms with Crippen LogP contribution in [0.5, 0.6) is 5.75 Å². The van der Waals surface area contributed by atoms with Crippen molar-refractivity contribution in [3.8, 4) is 17.0 Å². The zero-order chi connectivity index (χ0) is 26.3. The third-order valence-electron chi connectivity index (χ3n) is 7.60. The van der Waals surface area contributed by atoms with Gasteiger partial charge in [0.1, 0.15) is 29.1 Å². The van der Waals surface area contributed by atoms with Crippen molar-refractivity contribution < 1.29 is 18.7 Å². The molecule has 9 heteroatoms. The van der Waals surface area contributed by atoms with Gasteiger partial charge >= 0.3 is 0 Å². The Morgan fingerprint density at radius 1 is 1.14 bits per heavy atom. The second-order valence-electron chi connectivity index (χ2n) is 10.7. The number of hydrogen-bond donors (Lipinski definition) is 3. The van der Waals surface area contributed by atoms with Gasteiger partial charge in [-0.2, -0.15) is 0 Å². The first-order valence-electron chi connectivity index (χ1n) is 13.1. The number of carbonyl (C=O) groups excluding carboxylic acids is 2. The van der Waals surface area contributed by atoms with Gasteiger partial charge in [0.25, 0.3) is 5.91 Å². The minimum atomic E-state index is -0.392. The Labute approximate surface area is 215 Å². The average molecular weight is 508 g/mol. The highest BCUT2D eigenvalue weighted by Gasteiger charge is 2.31. The van der Waals surface area contributed by atoms with Crippen molar-refractivity contribution in [1.29, 1.82) is 0 Å². The van der Waals surface area contributed by atoms with Crippen molar-refractivity contribution in [2.75, 3.05) is 6.61 Å². The molecule has 0 radical (unpaired) electrons. The molecule has 8 nitrogen and oxygen atoms in total. The Bertz CT molecular complexity index is 1350. The summed E-state index contributed by atoms with van der Waals surface area (Å²) in [5, 5.41) is 6.16. The highest BCUT2D eigenvalue weighted by molar-refractivity contribution is 6.09. The second-order valence-corrected chi connectivity index (χ2v) is 10.7. The normalized spacial score (nSPS) is 21.6. The zero-order valence-corrected chi connectivity index (χ0v) is 21.8. The van der Waals surface area contributed by atoms with Gasteiger partial charge in [0.05, 0.1) is 23.3 Å². The molecule has 37 heavy (non-hydrogen) atoms. The Balaban J connectivity index is 1.44. The zero-order valence-electron chi connectivity index (χ0n) is 21.8. The van der Waals surface area contributed by atoms with Crippen LogP contribution in [0.1, 0.15) is 67.6 Å². The van der Waals surface area contributed by atoms with E-state index in [1.54, 1.807) is 19.1 Å². The number of halogens is 1. The number of ether oxygens (including phenoxy) is 1. The van der Waals surface area contributed by atoms with Crippen molar-refractivity contribution in [3.63, 3.8) is 0 Å². The van der Waals surface area contributed by atoms with Crippen LogP contribution in [0.4, 0.5) is 4.39 Å². The van der Waals surface area contributed by atoms with Gasteiger partial charge in [-0.1, -0.05) is 13.0 Å². The van der Waals surface area contributed by atoms with Crippen molar-refractivity contribution in [2.45, 2.75) is 71.9 Å². The van der Waals surface area contributed by atoms with Gasteiger partial charge in [0.15, 0.2) is 0 Å². The summed E-state index contributed by atoms with van der Waals surface area (Å²) in [7, 11) is 0. The summed E-state index contributed by atoms with van der Waals surface area (Å²) in [6.07, 6.45) is 5.98. The molecule has 5 rings (SSSR count). The Hall–Kier alpha value is -3.49. The number of hydrogen-bond acceptors (Lipinski definition) is 5. The molecule has 2 fully saturated rings. The first kappa shape index (κ1) is 25.2. The molecule has 0 saturated heterocycles. The molecule has 0 bridgehead atoms. The van der Waals surface area contributed by atoms with Crippen molar-refractivity contribution >= 4 is 22.8 Å². The number of nitrogens with zero attached hydrogens (tertiary/aromatic N) is 2. The maximum Gasteiger partial charge on any atom is 0.255 e. The summed E-state index contributed by atoms with van der Waals surface area (Å²) >= 11 is 0. The molecule has 2 aliphatic carbocycles. The fraction of sp³-hybridized carbons (Fsp3) is 0.500. The number of rotatable bonds is 7. The predicted molar refractivity (Wildman–Crippen MR) is 139 cm³/mol. The Morgan fingerprint density at radius 3 is 2.62 bits per heavy atom. The van der Waals surface area contributed by atoms with E-state index in [-0.39, 0.29) is 35.4 Å². The maximum atomic E-state index is 15.5. The van der Waals surface area contributed by atoms with Crippen LogP contribution >= 0.6 is 0 Å². The quantitative estimate of drug-likeness (QED) is 0.433. The second kappa shape index (κ2) is 10.1. The van der Waals surface area contributed by atoms with Gasteiger partial charge in [-0.15, -0.1) is 0 Å². The van der Waals surface area contributed by atoms with Crippen molar-refractivity contribution in [2.24, 2.45) is 11.8 Å². The molecule has 3 N–H and O–H groups in total. The summed E-state index contributed by atoms with van der Waals surface area (Å²) < 4.78 is 21.5. The molecule has 2 amide bonds. The first-order valence-corrected chi connectivity index (χ1v) is 13.1. The molecule has 2 aromatic heterocycles. The van der Waals surface area contributed by atoms with Crippen LogP contribution in [0.3, 0.4) is 0 Å². The third kappa shape index (κ3) is 5.17. The standard InChI is InChI=1S/C28H34FN5O3/c1-14-5-10-21(37-12-18-6-7-18)23(24(14)29)26-27-25(30-13-31-26)22(16(3)32-27)28(36)34-19-8-9-20(15(2)11-19)33-17(4)35/h5,10,13,15,18-20,32H,6-9,11-12H2,1-4H3,(H,33,35)(H,34,36)/t15-,19+,20+/m1/s1. The van der Waals surface area contributed by atoms with E-state index in [1.807, 2.05) is 6.92 Å². The molecular formula is C28H34FN5O3. The molecule has 3 aromatic rings. The van der Waals surface area contributed by atoms with Crippen LogP contribution in [0.15, 0.2) is 18.5 Å². The highest BCUT2D eigenvalue weighted by Crippen LogP contribution is 2.39. The SMILES string of the molecule is CC(=O)N[C@H]1CC[C@H](NC(=O)c2c(C)[nH]c3c(-c4c(OCC5CC5)ccc(C)c4F)ncnc23)C[C@H]1C. The van der Waals surface area contributed by atoms with Gasteiger partial charge < -0.3 is 20.4 Å². The van der Waals surface area contributed by atoms with Crippen molar-refractivity contribution in [3.05, 3.63) is 41.1 Å². The summed E-state index contributed by atoms with van der Waals surface area (Å²) in [5.41, 5.74) is 3.19. The fourth-order valence-corrected chi connectivity index (χ4v) is 5.34. The van der Waals surface area contributed by atoms with Crippen LogP contribution in [-0.4, -0.2) is 45.5 Å². The molecule has 1 aromatic carbocycles. The van der Waals surface area contributed by atoms with E-state index in [1.165, 1.54) is 13.3 Å². The summed E-state index contributed by atoms with van der Waals surface area (Å²) in [5.74, 6) is 0.560. The number of aromatic nitrogens is 3. The van der Waals surface area contributed by atoms with E-state index >= 15 is 4.39 Å². The lowest BCUT2D eigenvalue weighted by atomic mass is 9.82. The van der Waals surface area contributed by atoms with Crippen LogP contribution < -0.4 is 15.4 Å². The maximum absolute atomic E-state index is 15.5. The van der Waals surface area contributed by atoms with Gasteiger partial charge in [-0.05, 0) is 69.4 Å². The van der Waals surface area contributed by atoms with E-state index in [0.717, 1.165) is 32.1 Å². The monoisotopic (exact) mass is 507 g/mol. The number of aryl methyl sites for hydroxylation is 2. The van der Waals surface area contributed by atoms with Gasteiger partial charge in [-0.25, -0.2) is 14.4 Å². The lowest BCUT2D eigenvalue weighted by molar-refractivity contribution is -0.120. The van der Waals surface area contributed by atoms with Crippen LogP contribution in [0, 0.1) is 31.5 Å². The molecule has 2 aliphatic rings. The van der Waals surface area contributed by atoms with Crippen molar-refractivity contribution in [1.82, 2.24) is 25.6 Å². The van der Waals surface area contributed by atoms with E-state index in [4.69, 9.17) is 4.74 Å². The lowest BCUT2D eigenvalue weighted by Crippen LogP contribution is -2.47. The molecule has 2 saturated carbocycles. The smallest absolute Gasteiger partial charge is 0.255 e. The van der Waals surface area contributed by atoms with E-state index in [9.17, 15) is 9.59 Å². The number of benzene rings is 1. The Kier molecular flexibility index (Phi) is 6.88. The molecule has 2 heterocycles. The molecule has 0 aliphatic heterocycles. The van der Waals surface area contributed by atoms with E-state index in [2.05, 4.69) is 32.5 Å². The number of nitrogens with one attached hydrogen (secondary N) is 3. The van der Waals surface area contributed by atoms with Gasteiger partial charge in [0.2, 0.25) is 5.91 Å². The predicted octanol–water partition coefficient (Wildman–Crippen LogP) is 4.59. The first-order chi connectivity index (χ1) is 17.7. The summed E-state index contributed by atoms with van der Waals surface area (Å²) in [6, 6.07) is 3.61. The van der Waals surface area contributed by atoms with Crippen LogP contribution in [0.2, 0.25) is 0 Å². The number of amides is 2. The number of H-pyrrole nitrogens is 1. The summed E-state index contributed by atoms with van der Waals surface area (Å²) in [6.45, 7) is 7.69. The van der Waals surface area contributed by atoms with Gasteiger partial charge in [-0.3, -0.25) is 9.59 Å². The fourth-order valence-electron chi connectivity index (χ4n) is 5.34. The molecule has 3 atom stereocenters. The topological polar surface area (TPSA) is 109 Å². The summed E-state index contributed by atoms with van der Waals surface area (Å²) in [4.78, 5) is 37.0. The highest BCUT2D eigenvalue weighted by atomic mass is 19.1. The average Bonchev–Trinajstić information content (AvgIpc) is 3.61. The lowest BCUT2D eigenvalue weighted by Gasteiger charge is -2.34. The largest absolute Gasteiger partial charge is 0.492 e. The molecule has 0 unspecified atom stereocenters. The minimum absolute atomic E-state index is 0.00481. The molecule has 0 spiro atoms. The number of aromatic amines is 1. The number of fused-ring (bicyclic) bond motifs is 1. The van der Waals surface area contributed by atoms with Gasteiger partial charge in [0, 0.05) is 24.7 Å². The molecule has 196 valence electrons. The third-order valence-corrected chi connectivity index (χ3v) is 7.60. The van der Waals surface area contributed by atoms with E-state index in [0.29, 0.717) is 51.8 Å². The minimum Gasteiger partial charge on any atom is -0.492 e. The number of carbonyl (C=O) groups is 2. The molecular weight excluding hydrogens is 473 g/mol. The Morgan fingerprint density at radius 2 is 1.92 bits per heavy atom. The van der Waals surface area contributed by atoms with E-state index < -0.39 is 5.82 Å². The van der Waals surface area contributed by atoms with Crippen LogP contribution in [0.25, 0.3) is 22.3 Å². The van der Waals surface area contributed by atoms with Crippen LogP contribution in [-0.2, 0) is 4.79 Å².